The molecule has 0 aliphatic heterocycles. The van der Waals surface area contributed by atoms with Gasteiger partial charge in [0.1, 0.15) is 5.75 Å². The fraction of sp³-hybridized carbons (Fsp3) is 0.571. The number of hydrogen-bond donors (Lipinski definition) is 1. The van der Waals surface area contributed by atoms with Crippen LogP contribution in [0.2, 0.25) is 5.02 Å². The third-order valence-corrected chi connectivity index (χ3v) is 4.77. The smallest absolute Gasteiger partial charge is 0.119 e. The first kappa shape index (κ1) is 13.1. The lowest BCUT2D eigenvalue weighted by Gasteiger charge is -2.26. The molecule has 0 amide bonds. The summed E-state index contributed by atoms with van der Waals surface area (Å²) in [6, 6.07) is 5.84. The first-order chi connectivity index (χ1) is 8.15. The molecule has 17 heavy (non-hydrogen) atoms. The SMILES string of the molecule is Cc1cc(OCC2(CS)CCCC2)ccc1Cl. The van der Waals surface area contributed by atoms with E-state index < -0.39 is 0 Å². The van der Waals surface area contributed by atoms with E-state index in [-0.39, 0.29) is 5.41 Å². The lowest BCUT2D eigenvalue weighted by Crippen LogP contribution is -2.27. The van der Waals surface area contributed by atoms with Crippen molar-refractivity contribution in [1.29, 1.82) is 0 Å². The second-order valence-electron chi connectivity index (χ2n) is 5.06. The molecule has 0 spiro atoms. The standard InChI is InChI=1S/C14H19ClOS/c1-11-8-12(4-5-13(11)15)16-9-14(10-17)6-2-3-7-14/h4-5,8,17H,2-3,6-7,9-10H2,1H3. The average Bonchev–Trinajstić information content (AvgIpc) is 2.80. The molecule has 1 aliphatic carbocycles. The van der Waals surface area contributed by atoms with Crippen molar-refractivity contribution in [2.75, 3.05) is 12.4 Å². The fourth-order valence-electron chi connectivity index (χ4n) is 2.42. The second-order valence-corrected chi connectivity index (χ2v) is 5.79. The van der Waals surface area contributed by atoms with Crippen LogP contribution in [-0.2, 0) is 0 Å². The Balaban J connectivity index is 1.99. The first-order valence-electron chi connectivity index (χ1n) is 6.15. The maximum Gasteiger partial charge on any atom is 0.119 e. The number of hydrogen-bond acceptors (Lipinski definition) is 2. The molecule has 0 bridgehead atoms. The van der Waals surface area contributed by atoms with E-state index in [0.29, 0.717) is 0 Å². The van der Waals surface area contributed by atoms with Crippen LogP contribution in [0.15, 0.2) is 18.2 Å². The van der Waals surface area contributed by atoms with E-state index in [4.69, 9.17) is 16.3 Å². The Morgan fingerprint density at radius 3 is 2.65 bits per heavy atom. The molecule has 3 heteroatoms. The minimum Gasteiger partial charge on any atom is -0.493 e. The lowest BCUT2D eigenvalue weighted by atomic mass is 9.90. The van der Waals surface area contributed by atoms with Gasteiger partial charge in [0, 0.05) is 10.4 Å². The molecule has 0 unspecified atom stereocenters. The molecule has 0 saturated heterocycles. The van der Waals surface area contributed by atoms with E-state index >= 15 is 0 Å². The van der Waals surface area contributed by atoms with Gasteiger partial charge in [-0.3, -0.25) is 0 Å². The van der Waals surface area contributed by atoms with Gasteiger partial charge in [0.05, 0.1) is 6.61 Å². The van der Waals surface area contributed by atoms with Crippen LogP contribution in [0.1, 0.15) is 31.2 Å². The van der Waals surface area contributed by atoms with E-state index in [1.165, 1.54) is 25.7 Å². The summed E-state index contributed by atoms with van der Waals surface area (Å²) in [5.74, 6) is 1.83. The topological polar surface area (TPSA) is 9.23 Å². The Morgan fingerprint density at radius 2 is 2.06 bits per heavy atom. The average molecular weight is 271 g/mol. The summed E-state index contributed by atoms with van der Waals surface area (Å²) in [6.07, 6.45) is 5.10. The summed E-state index contributed by atoms with van der Waals surface area (Å²) in [5.41, 5.74) is 1.35. The maximum atomic E-state index is 5.99. The Kier molecular flexibility index (Phi) is 4.26. The Morgan fingerprint density at radius 1 is 1.35 bits per heavy atom. The third-order valence-electron chi connectivity index (χ3n) is 3.67. The highest BCUT2D eigenvalue weighted by Crippen LogP contribution is 2.39. The van der Waals surface area contributed by atoms with Gasteiger partial charge in [-0.2, -0.15) is 12.6 Å². The molecule has 0 aromatic heterocycles. The predicted octanol–water partition coefficient (Wildman–Crippen LogP) is 4.52. The zero-order chi connectivity index (χ0) is 12.3. The number of ether oxygens (including phenoxy) is 1. The van der Waals surface area contributed by atoms with Crippen molar-refractivity contribution in [2.24, 2.45) is 5.41 Å². The van der Waals surface area contributed by atoms with Gasteiger partial charge < -0.3 is 4.74 Å². The van der Waals surface area contributed by atoms with Crippen molar-refractivity contribution in [1.82, 2.24) is 0 Å². The first-order valence-corrected chi connectivity index (χ1v) is 7.16. The Hall–Kier alpha value is -0.340. The van der Waals surface area contributed by atoms with Gasteiger partial charge in [-0.15, -0.1) is 0 Å². The molecule has 0 N–H and O–H groups in total. The number of thiol groups is 1. The highest BCUT2D eigenvalue weighted by atomic mass is 35.5. The molecule has 0 radical (unpaired) electrons. The summed E-state index contributed by atoms with van der Waals surface area (Å²) >= 11 is 10.5. The Labute approximate surface area is 114 Å². The van der Waals surface area contributed by atoms with Gasteiger partial charge >= 0.3 is 0 Å². The molecule has 1 aliphatic rings. The monoisotopic (exact) mass is 270 g/mol. The van der Waals surface area contributed by atoms with Crippen molar-refractivity contribution in [3.63, 3.8) is 0 Å². The maximum absolute atomic E-state index is 5.99. The summed E-state index contributed by atoms with van der Waals surface area (Å²) in [4.78, 5) is 0. The molecule has 1 aromatic rings. The van der Waals surface area contributed by atoms with Gasteiger partial charge in [-0.05, 0) is 49.3 Å². The highest BCUT2D eigenvalue weighted by molar-refractivity contribution is 7.80. The fourth-order valence-corrected chi connectivity index (χ4v) is 2.94. The van der Waals surface area contributed by atoms with Crippen LogP contribution in [0, 0.1) is 12.3 Å². The van der Waals surface area contributed by atoms with E-state index in [9.17, 15) is 0 Å². The predicted molar refractivity (Wildman–Crippen MR) is 76.4 cm³/mol. The number of rotatable bonds is 4. The molecule has 1 nitrogen and oxygen atoms in total. The number of aryl methyl sites for hydroxylation is 1. The van der Waals surface area contributed by atoms with Crippen molar-refractivity contribution in [2.45, 2.75) is 32.6 Å². The van der Waals surface area contributed by atoms with Gasteiger partial charge in [-0.25, -0.2) is 0 Å². The molecule has 0 atom stereocenters. The van der Waals surface area contributed by atoms with Gasteiger partial charge in [0.2, 0.25) is 0 Å². The van der Waals surface area contributed by atoms with Crippen LogP contribution in [0.5, 0.6) is 5.75 Å². The number of halogens is 1. The van der Waals surface area contributed by atoms with E-state index in [2.05, 4.69) is 12.6 Å². The van der Waals surface area contributed by atoms with E-state index in [0.717, 1.165) is 28.7 Å². The van der Waals surface area contributed by atoms with Crippen LogP contribution >= 0.6 is 24.2 Å². The second kappa shape index (κ2) is 5.53. The van der Waals surface area contributed by atoms with Crippen LogP contribution in [0.3, 0.4) is 0 Å². The normalized spacial score (nSPS) is 18.3. The van der Waals surface area contributed by atoms with Crippen LogP contribution in [0.25, 0.3) is 0 Å². The van der Waals surface area contributed by atoms with Crippen LogP contribution in [0.4, 0.5) is 0 Å². The van der Waals surface area contributed by atoms with Crippen molar-refractivity contribution in [3.8, 4) is 5.75 Å². The third kappa shape index (κ3) is 3.11. The molecular weight excluding hydrogens is 252 g/mol. The minimum atomic E-state index is 0.288. The largest absolute Gasteiger partial charge is 0.493 e. The van der Waals surface area contributed by atoms with Gasteiger partial charge in [0.25, 0.3) is 0 Å². The van der Waals surface area contributed by atoms with Crippen LogP contribution in [-0.4, -0.2) is 12.4 Å². The molecular formula is C14H19ClOS. The molecule has 2 rings (SSSR count). The van der Waals surface area contributed by atoms with Crippen molar-refractivity contribution >= 4 is 24.2 Å². The van der Waals surface area contributed by atoms with Crippen LogP contribution < -0.4 is 4.74 Å². The lowest BCUT2D eigenvalue weighted by molar-refractivity contribution is 0.173. The summed E-state index contributed by atoms with van der Waals surface area (Å²) < 4.78 is 5.91. The summed E-state index contributed by atoms with van der Waals surface area (Å²) in [5, 5.41) is 0.794. The molecule has 1 saturated carbocycles. The number of benzene rings is 1. The zero-order valence-corrected chi connectivity index (χ0v) is 11.9. The molecule has 1 aromatic carbocycles. The van der Waals surface area contributed by atoms with Gasteiger partial charge in [0.15, 0.2) is 0 Å². The summed E-state index contributed by atoms with van der Waals surface area (Å²) in [6.45, 7) is 2.77. The highest BCUT2D eigenvalue weighted by Gasteiger charge is 2.33. The van der Waals surface area contributed by atoms with E-state index in [1.54, 1.807) is 0 Å². The summed E-state index contributed by atoms with van der Waals surface area (Å²) in [7, 11) is 0. The molecule has 0 heterocycles. The van der Waals surface area contributed by atoms with Gasteiger partial charge in [-0.1, -0.05) is 24.4 Å². The van der Waals surface area contributed by atoms with Crippen molar-refractivity contribution in [3.05, 3.63) is 28.8 Å². The molecule has 1 fully saturated rings. The quantitative estimate of drug-likeness (QED) is 0.792. The zero-order valence-electron chi connectivity index (χ0n) is 10.2. The van der Waals surface area contributed by atoms with Crippen molar-refractivity contribution < 1.29 is 4.74 Å². The molecule has 94 valence electrons. The van der Waals surface area contributed by atoms with E-state index in [1.807, 2.05) is 25.1 Å². The Bertz CT molecular complexity index is 386. The minimum absolute atomic E-state index is 0.288.